The zero-order valence-electron chi connectivity index (χ0n) is 5.42. The molecule has 0 unspecified atom stereocenters. The largest absolute Gasteiger partial charge is 0.426 e. The van der Waals surface area contributed by atoms with Gasteiger partial charge < -0.3 is 4.42 Å². The maximum absolute atomic E-state index is 5.06. The van der Waals surface area contributed by atoms with Crippen LogP contribution in [-0.2, 0) is 6.42 Å². The van der Waals surface area contributed by atoms with E-state index in [0.717, 1.165) is 12.8 Å². The first-order valence-corrected chi connectivity index (χ1v) is 2.91. The topological polar surface area (TPSA) is 38.9 Å². The van der Waals surface area contributed by atoms with Gasteiger partial charge in [-0.2, -0.15) is 0 Å². The first-order valence-electron chi connectivity index (χ1n) is 2.91. The molecule has 0 aromatic carbocycles. The molecule has 0 aliphatic heterocycles. The fraction of sp³-hybridized carbons (Fsp3) is 0.500. The second kappa shape index (κ2) is 2.62. The Morgan fingerprint density at radius 2 is 2.33 bits per heavy atom. The number of hydrogen-bond acceptors (Lipinski definition) is 3. The molecule has 9 heavy (non-hydrogen) atoms. The Morgan fingerprint density at radius 1 is 1.56 bits per heavy atom. The Morgan fingerprint density at radius 3 is 2.78 bits per heavy atom. The maximum atomic E-state index is 5.06. The molecule has 1 rings (SSSR count). The third kappa shape index (κ3) is 1.52. The van der Waals surface area contributed by atoms with Crippen molar-refractivity contribution in [3.63, 3.8) is 0 Å². The number of aromatic nitrogens is 2. The van der Waals surface area contributed by atoms with Gasteiger partial charge in [-0.25, -0.2) is 0 Å². The zero-order chi connectivity index (χ0) is 6.69. The maximum Gasteiger partial charge on any atom is 0.216 e. The molecule has 0 bridgehead atoms. The van der Waals surface area contributed by atoms with Crippen molar-refractivity contribution < 1.29 is 4.42 Å². The summed E-state index contributed by atoms with van der Waals surface area (Å²) in [4.78, 5) is 0. The first-order chi connectivity index (χ1) is 4.33. The summed E-state index contributed by atoms with van der Waals surface area (Å²) in [6, 6.07) is 0. The van der Waals surface area contributed by atoms with Gasteiger partial charge in [-0.3, -0.25) is 0 Å². The van der Waals surface area contributed by atoms with Gasteiger partial charge in [0.2, 0.25) is 11.8 Å². The van der Waals surface area contributed by atoms with Crippen molar-refractivity contribution in [3.8, 4) is 0 Å². The lowest BCUT2D eigenvalue weighted by molar-refractivity contribution is 0.468. The standard InChI is InChI=1S/C6H9N2O/c1-3-4-6-8-7-5(2)9-6/h1,3-4H2,2H3. The van der Waals surface area contributed by atoms with Gasteiger partial charge in [-0.1, -0.05) is 6.92 Å². The Balaban J connectivity index is 2.61. The molecule has 0 aliphatic rings. The lowest BCUT2D eigenvalue weighted by atomic mass is 10.3. The molecule has 1 radical (unpaired) electrons. The van der Waals surface area contributed by atoms with Gasteiger partial charge >= 0.3 is 0 Å². The molecule has 49 valence electrons. The fourth-order valence-electron chi connectivity index (χ4n) is 0.590. The van der Waals surface area contributed by atoms with Gasteiger partial charge in [-0.15, -0.1) is 10.2 Å². The second-order valence-electron chi connectivity index (χ2n) is 1.82. The van der Waals surface area contributed by atoms with Crippen LogP contribution in [0.3, 0.4) is 0 Å². The number of rotatable bonds is 2. The van der Waals surface area contributed by atoms with Gasteiger partial charge in [0.1, 0.15) is 0 Å². The lowest BCUT2D eigenvalue weighted by Gasteiger charge is -1.83. The van der Waals surface area contributed by atoms with Crippen LogP contribution < -0.4 is 0 Å². The highest BCUT2D eigenvalue weighted by Gasteiger charge is 1.97. The van der Waals surface area contributed by atoms with E-state index in [0.29, 0.717) is 11.8 Å². The zero-order valence-corrected chi connectivity index (χ0v) is 5.42. The van der Waals surface area contributed by atoms with Crippen LogP contribution in [0.4, 0.5) is 0 Å². The predicted molar refractivity (Wildman–Crippen MR) is 32.7 cm³/mol. The Hall–Kier alpha value is -0.860. The van der Waals surface area contributed by atoms with Gasteiger partial charge in [-0.05, 0) is 6.42 Å². The van der Waals surface area contributed by atoms with E-state index in [4.69, 9.17) is 4.42 Å². The summed E-state index contributed by atoms with van der Waals surface area (Å²) in [6.07, 6.45) is 1.59. The SMILES string of the molecule is [CH2]CCc1nnc(C)o1. The van der Waals surface area contributed by atoms with E-state index in [2.05, 4.69) is 17.1 Å². The van der Waals surface area contributed by atoms with Gasteiger partial charge in [0.25, 0.3) is 0 Å². The minimum absolute atomic E-state index is 0.624. The summed E-state index contributed by atoms with van der Waals surface area (Å²) >= 11 is 0. The van der Waals surface area contributed by atoms with Crippen LogP contribution in [0.5, 0.6) is 0 Å². The first kappa shape index (κ1) is 6.26. The summed E-state index contributed by atoms with van der Waals surface area (Å²) in [5.74, 6) is 1.31. The van der Waals surface area contributed by atoms with Crippen molar-refractivity contribution in [2.75, 3.05) is 0 Å². The molecule has 0 amide bonds. The van der Waals surface area contributed by atoms with E-state index in [1.165, 1.54) is 0 Å². The summed E-state index contributed by atoms with van der Waals surface area (Å²) in [7, 11) is 0. The van der Waals surface area contributed by atoms with Gasteiger partial charge in [0, 0.05) is 13.3 Å². The van der Waals surface area contributed by atoms with Crippen molar-refractivity contribution in [2.45, 2.75) is 19.8 Å². The van der Waals surface area contributed by atoms with Crippen LogP contribution in [0.25, 0.3) is 0 Å². The summed E-state index contributed by atoms with van der Waals surface area (Å²) in [5.41, 5.74) is 0. The molecule has 0 saturated heterocycles. The Labute approximate surface area is 54.1 Å². The fourth-order valence-corrected chi connectivity index (χ4v) is 0.590. The van der Waals surface area contributed by atoms with Crippen molar-refractivity contribution in [1.82, 2.24) is 10.2 Å². The minimum atomic E-state index is 0.624. The third-order valence-electron chi connectivity index (χ3n) is 0.959. The molecule has 3 heteroatoms. The van der Waals surface area contributed by atoms with Crippen molar-refractivity contribution >= 4 is 0 Å². The van der Waals surface area contributed by atoms with E-state index >= 15 is 0 Å². The van der Waals surface area contributed by atoms with Gasteiger partial charge in [0.05, 0.1) is 0 Å². The molecule has 0 N–H and O–H groups in total. The molecule has 1 aromatic rings. The molecule has 1 aromatic heterocycles. The normalized spacial score (nSPS) is 10.0. The predicted octanol–water partition coefficient (Wildman–Crippen LogP) is 1.14. The smallest absolute Gasteiger partial charge is 0.216 e. The molecule has 3 nitrogen and oxygen atoms in total. The van der Waals surface area contributed by atoms with Gasteiger partial charge in [0.15, 0.2) is 0 Å². The van der Waals surface area contributed by atoms with E-state index in [1.54, 1.807) is 6.92 Å². The van der Waals surface area contributed by atoms with Crippen LogP contribution >= 0.6 is 0 Å². The Kier molecular flexibility index (Phi) is 1.82. The summed E-state index contributed by atoms with van der Waals surface area (Å²) < 4.78 is 5.06. The van der Waals surface area contributed by atoms with Crippen molar-refractivity contribution in [3.05, 3.63) is 18.7 Å². The molecular formula is C6H9N2O. The summed E-state index contributed by atoms with van der Waals surface area (Å²) in [6.45, 7) is 5.44. The molecule has 0 atom stereocenters. The molecule has 0 spiro atoms. The molecular weight excluding hydrogens is 116 g/mol. The third-order valence-corrected chi connectivity index (χ3v) is 0.959. The minimum Gasteiger partial charge on any atom is -0.426 e. The average molecular weight is 125 g/mol. The van der Waals surface area contributed by atoms with E-state index < -0.39 is 0 Å². The van der Waals surface area contributed by atoms with Crippen molar-refractivity contribution in [2.24, 2.45) is 0 Å². The van der Waals surface area contributed by atoms with E-state index in [1.807, 2.05) is 0 Å². The lowest BCUT2D eigenvalue weighted by Crippen LogP contribution is -1.80. The quantitative estimate of drug-likeness (QED) is 0.595. The van der Waals surface area contributed by atoms with Crippen LogP contribution in [0.1, 0.15) is 18.2 Å². The number of nitrogens with zero attached hydrogens (tertiary/aromatic N) is 2. The van der Waals surface area contributed by atoms with E-state index in [-0.39, 0.29) is 0 Å². The summed E-state index contributed by atoms with van der Waals surface area (Å²) in [5, 5.41) is 7.44. The highest BCUT2D eigenvalue weighted by atomic mass is 16.4. The van der Waals surface area contributed by atoms with Crippen LogP contribution in [0.2, 0.25) is 0 Å². The average Bonchev–Trinajstić information content (AvgIpc) is 2.17. The van der Waals surface area contributed by atoms with E-state index in [9.17, 15) is 0 Å². The molecule has 1 heterocycles. The highest BCUT2D eigenvalue weighted by Crippen LogP contribution is 1.99. The highest BCUT2D eigenvalue weighted by molar-refractivity contribution is 4.78. The second-order valence-corrected chi connectivity index (χ2v) is 1.82. The number of hydrogen-bond donors (Lipinski definition) is 0. The van der Waals surface area contributed by atoms with Crippen LogP contribution in [0.15, 0.2) is 4.42 Å². The molecule has 0 aliphatic carbocycles. The molecule has 0 fully saturated rings. The monoisotopic (exact) mass is 125 g/mol. The van der Waals surface area contributed by atoms with Crippen LogP contribution in [0, 0.1) is 13.8 Å². The molecule has 0 saturated carbocycles. The van der Waals surface area contributed by atoms with Crippen LogP contribution in [-0.4, -0.2) is 10.2 Å². The Bertz CT molecular complexity index is 183. The van der Waals surface area contributed by atoms with Crippen molar-refractivity contribution in [1.29, 1.82) is 0 Å². The number of aryl methyl sites for hydroxylation is 2.